The number of rotatable bonds is 4. The third-order valence-corrected chi connectivity index (χ3v) is 2.65. The van der Waals surface area contributed by atoms with Crippen molar-refractivity contribution in [2.24, 2.45) is 5.73 Å². The molecule has 5 heteroatoms. The van der Waals surface area contributed by atoms with Gasteiger partial charge in [0.2, 0.25) is 0 Å². The zero-order valence-corrected chi connectivity index (χ0v) is 10.4. The Kier molecular flexibility index (Phi) is 3.74. The van der Waals surface area contributed by atoms with Gasteiger partial charge in [-0.15, -0.1) is 0 Å². The van der Waals surface area contributed by atoms with Crippen molar-refractivity contribution in [2.75, 3.05) is 14.2 Å². The van der Waals surface area contributed by atoms with E-state index in [0.29, 0.717) is 18.0 Å². The molecule has 0 atom stereocenters. The molecule has 0 unspecified atom stereocenters. The average molecular weight is 245 g/mol. The van der Waals surface area contributed by atoms with Gasteiger partial charge in [-0.2, -0.15) is 0 Å². The Morgan fingerprint density at radius 1 is 1.11 bits per heavy atom. The molecule has 18 heavy (non-hydrogen) atoms. The van der Waals surface area contributed by atoms with Crippen molar-refractivity contribution in [2.45, 2.75) is 6.54 Å². The van der Waals surface area contributed by atoms with Crippen LogP contribution in [-0.4, -0.2) is 24.2 Å². The van der Waals surface area contributed by atoms with Crippen molar-refractivity contribution in [3.8, 4) is 22.6 Å². The Morgan fingerprint density at radius 3 is 2.39 bits per heavy atom. The lowest BCUT2D eigenvalue weighted by atomic mass is 10.0. The molecule has 1 aromatic heterocycles. The molecule has 0 spiro atoms. The van der Waals surface area contributed by atoms with E-state index in [0.717, 1.165) is 16.7 Å². The summed E-state index contributed by atoms with van der Waals surface area (Å²) in [6.07, 6.45) is 4.94. The number of hydrogen-bond donors (Lipinski definition) is 1. The first-order chi connectivity index (χ1) is 8.80. The minimum Gasteiger partial charge on any atom is -0.493 e. The van der Waals surface area contributed by atoms with E-state index < -0.39 is 0 Å². The molecule has 0 aliphatic carbocycles. The minimum atomic E-state index is 0.432. The third-order valence-electron chi connectivity index (χ3n) is 2.65. The molecule has 2 N–H and O–H groups in total. The van der Waals surface area contributed by atoms with Crippen molar-refractivity contribution in [1.82, 2.24) is 9.97 Å². The maximum absolute atomic E-state index is 5.68. The van der Waals surface area contributed by atoms with Crippen LogP contribution in [0, 0.1) is 0 Å². The second-order valence-electron chi connectivity index (χ2n) is 3.71. The predicted octanol–water partition coefficient (Wildman–Crippen LogP) is 1.62. The summed E-state index contributed by atoms with van der Waals surface area (Å²) in [4.78, 5) is 8.02. The largest absolute Gasteiger partial charge is 0.493 e. The van der Waals surface area contributed by atoms with E-state index in [-0.39, 0.29) is 0 Å². The Balaban J connectivity index is 2.64. The summed E-state index contributed by atoms with van der Waals surface area (Å²) in [7, 11) is 3.21. The van der Waals surface area contributed by atoms with E-state index in [4.69, 9.17) is 15.2 Å². The molecule has 0 radical (unpaired) electrons. The molecule has 0 amide bonds. The smallest absolute Gasteiger partial charge is 0.168 e. The molecule has 1 aromatic carbocycles. The normalized spacial score (nSPS) is 10.2. The van der Waals surface area contributed by atoms with Gasteiger partial charge in [-0.05, 0) is 17.7 Å². The van der Waals surface area contributed by atoms with E-state index in [1.165, 1.54) is 6.33 Å². The Morgan fingerprint density at radius 2 is 1.83 bits per heavy atom. The van der Waals surface area contributed by atoms with Gasteiger partial charge in [-0.25, -0.2) is 9.97 Å². The maximum atomic E-state index is 5.68. The third kappa shape index (κ3) is 2.26. The quantitative estimate of drug-likeness (QED) is 0.886. The van der Waals surface area contributed by atoms with Crippen LogP contribution in [0.15, 0.2) is 30.9 Å². The summed E-state index contributed by atoms with van der Waals surface area (Å²) in [5, 5.41) is 0. The van der Waals surface area contributed by atoms with Crippen LogP contribution < -0.4 is 15.2 Å². The van der Waals surface area contributed by atoms with E-state index in [9.17, 15) is 0 Å². The molecule has 0 saturated carbocycles. The molecule has 94 valence electrons. The van der Waals surface area contributed by atoms with Crippen molar-refractivity contribution in [1.29, 1.82) is 0 Å². The first-order valence-electron chi connectivity index (χ1n) is 5.50. The minimum absolute atomic E-state index is 0.432. The first kappa shape index (κ1) is 12.3. The summed E-state index contributed by atoms with van der Waals surface area (Å²) in [6.45, 7) is 0.432. The Bertz CT molecular complexity index is 529. The summed E-state index contributed by atoms with van der Waals surface area (Å²) in [6, 6.07) is 3.83. The molecule has 0 saturated heterocycles. The average Bonchev–Trinajstić information content (AvgIpc) is 2.46. The van der Waals surface area contributed by atoms with E-state index in [2.05, 4.69) is 9.97 Å². The topological polar surface area (TPSA) is 70.3 Å². The second-order valence-corrected chi connectivity index (χ2v) is 3.71. The lowest BCUT2D eigenvalue weighted by molar-refractivity contribution is 0.355. The summed E-state index contributed by atoms with van der Waals surface area (Å²) < 4.78 is 10.7. The van der Waals surface area contributed by atoms with Crippen molar-refractivity contribution < 1.29 is 9.47 Å². The molecule has 5 nitrogen and oxygen atoms in total. The van der Waals surface area contributed by atoms with Gasteiger partial charge in [0.1, 0.15) is 6.33 Å². The monoisotopic (exact) mass is 245 g/mol. The number of benzene rings is 1. The van der Waals surface area contributed by atoms with Gasteiger partial charge >= 0.3 is 0 Å². The lowest BCUT2D eigenvalue weighted by Gasteiger charge is -2.14. The highest BCUT2D eigenvalue weighted by Gasteiger charge is 2.13. The fraction of sp³-hybridized carbons (Fsp3) is 0.231. The number of methoxy groups -OCH3 is 2. The zero-order valence-electron chi connectivity index (χ0n) is 10.4. The van der Waals surface area contributed by atoms with E-state index in [1.54, 1.807) is 26.6 Å². The van der Waals surface area contributed by atoms with Crippen molar-refractivity contribution >= 4 is 0 Å². The fourth-order valence-corrected chi connectivity index (χ4v) is 1.79. The van der Waals surface area contributed by atoms with Crippen LogP contribution in [0.3, 0.4) is 0 Å². The van der Waals surface area contributed by atoms with Gasteiger partial charge in [0.15, 0.2) is 11.5 Å². The molecular weight excluding hydrogens is 230 g/mol. The van der Waals surface area contributed by atoms with Crippen LogP contribution in [0.5, 0.6) is 11.5 Å². The number of hydrogen-bond acceptors (Lipinski definition) is 5. The van der Waals surface area contributed by atoms with Crippen LogP contribution in [-0.2, 0) is 6.54 Å². The van der Waals surface area contributed by atoms with Gasteiger partial charge in [-0.1, -0.05) is 0 Å². The Labute approximate surface area is 106 Å². The number of nitrogens with two attached hydrogens (primary N) is 1. The molecule has 2 aromatic rings. The van der Waals surface area contributed by atoms with Gasteiger partial charge in [-0.3, -0.25) is 0 Å². The predicted molar refractivity (Wildman–Crippen MR) is 68.5 cm³/mol. The molecule has 1 heterocycles. The van der Waals surface area contributed by atoms with Gasteiger partial charge in [0.25, 0.3) is 0 Å². The fourth-order valence-electron chi connectivity index (χ4n) is 1.79. The van der Waals surface area contributed by atoms with E-state index in [1.807, 2.05) is 12.1 Å². The van der Waals surface area contributed by atoms with Crippen LogP contribution in [0.2, 0.25) is 0 Å². The second kappa shape index (κ2) is 5.46. The van der Waals surface area contributed by atoms with Gasteiger partial charge in [0.05, 0.1) is 14.2 Å². The van der Waals surface area contributed by atoms with Crippen LogP contribution in [0.1, 0.15) is 5.56 Å². The summed E-state index contributed by atoms with van der Waals surface area (Å²) in [5.74, 6) is 1.31. The highest BCUT2D eigenvalue weighted by atomic mass is 16.5. The van der Waals surface area contributed by atoms with Crippen LogP contribution >= 0.6 is 0 Å². The van der Waals surface area contributed by atoms with Crippen molar-refractivity contribution in [3.63, 3.8) is 0 Å². The first-order valence-corrected chi connectivity index (χ1v) is 5.50. The van der Waals surface area contributed by atoms with Crippen molar-refractivity contribution in [3.05, 3.63) is 36.4 Å². The number of aromatic nitrogens is 2. The highest BCUT2D eigenvalue weighted by Crippen LogP contribution is 2.38. The standard InChI is InChI=1S/C13H15N3O2/c1-17-12-4-9(5-14)3-11(13(12)18-2)10-6-15-8-16-7-10/h3-4,6-8H,5,14H2,1-2H3. The van der Waals surface area contributed by atoms with Crippen LogP contribution in [0.4, 0.5) is 0 Å². The molecular formula is C13H15N3O2. The van der Waals surface area contributed by atoms with Crippen LogP contribution in [0.25, 0.3) is 11.1 Å². The van der Waals surface area contributed by atoms with Gasteiger partial charge in [0, 0.05) is 30.1 Å². The van der Waals surface area contributed by atoms with E-state index >= 15 is 0 Å². The molecule has 0 aliphatic rings. The number of ether oxygens (including phenoxy) is 2. The summed E-state index contributed by atoms with van der Waals surface area (Å²) >= 11 is 0. The SMILES string of the molecule is COc1cc(CN)cc(-c2cncnc2)c1OC. The molecule has 2 rings (SSSR count). The zero-order chi connectivity index (χ0) is 13.0. The molecule has 0 fully saturated rings. The summed E-state index contributed by atoms with van der Waals surface area (Å²) in [5.41, 5.74) is 8.39. The Hall–Kier alpha value is -2.14. The highest BCUT2D eigenvalue weighted by molar-refractivity contribution is 5.73. The molecule has 0 bridgehead atoms. The molecule has 0 aliphatic heterocycles. The number of nitrogens with zero attached hydrogens (tertiary/aromatic N) is 2. The maximum Gasteiger partial charge on any atom is 0.168 e. The van der Waals surface area contributed by atoms with Gasteiger partial charge < -0.3 is 15.2 Å². The lowest BCUT2D eigenvalue weighted by Crippen LogP contribution is -2.00.